The first-order valence-corrected chi connectivity index (χ1v) is 1.98. The van der Waals surface area contributed by atoms with Crippen molar-refractivity contribution >= 4 is 5.91 Å². The number of hydrazine groups is 1. The Labute approximate surface area is 49.9 Å². The lowest BCUT2D eigenvalue weighted by molar-refractivity contribution is -0.219. The van der Waals surface area contributed by atoms with Gasteiger partial charge < -0.3 is 4.74 Å². The van der Waals surface area contributed by atoms with E-state index in [1.807, 2.05) is 0 Å². The van der Waals surface area contributed by atoms with Gasteiger partial charge in [-0.3, -0.25) is 10.2 Å². The molecule has 0 saturated heterocycles. The van der Waals surface area contributed by atoms with Crippen molar-refractivity contribution in [2.75, 3.05) is 7.11 Å². The quantitative estimate of drug-likeness (QED) is 0.300. The normalized spacial score (nSPS) is 11.1. The molecule has 1 amide bonds. The Hall–Kier alpha value is -0.750. The fourth-order valence-electron chi connectivity index (χ4n) is 0.177. The minimum atomic E-state index is -3.82. The van der Waals surface area contributed by atoms with Gasteiger partial charge >= 0.3 is 12.0 Å². The zero-order valence-electron chi connectivity index (χ0n) is 4.65. The number of nitrogens with one attached hydrogen (secondary N) is 1. The maximum Gasteiger partial charge on any atom is 0.437 e. The summed E-state index contributed by atoms with van der Waals surface area (Å²) in [5.41, 5.74) is 1.24. The largest absolute Gasteiger partial charge is 0.437 e. The molecular weight excluding hydrogens is 134 g/mol. The molecule has 0 unspecified atom stereocenters. The van der Waals surface area contributed by atoms with Crippen molar-refractivity contribution < 1.29 is 18.3 Å². The Morgan fingerprint density at radius 2 is 2.22 bits per heavy atom. The van der Waals surface area contributed by atoms with Crippen LogP contribution in [-0.2, 0) is 9.53 Å². The van der Waals surface area contributed by atoms with E-state index in [-0.39, 0.29) is 0 Å². The Morgan fingerprint density at radius 1 is 1.78 bits per heavy atom. The molecule has 3 N–H and O–H groups in total. The molecule has 0 bridgehead atoms. The lowest BCUT2D eigenvalue weighted by atomic mass is 10.6. The van der Waals surface area contributed by atoms with E-state index in [9.17, 15) is 13.6 Å². The van der Waals surface area contributed by atoms with Crippen molar-refractivity contribution in [3.63, 3.8) is 0 Å². The van der Waals surface area contributed by atoms with E-state index < -0.39 is 12.0 Å². The Bertz CT molecular complexity index is 116. The Kier molecular flexibility index (Phi) is 2.47. The van der Waals surface area contributed by atoms with Gasteiger partial charge in [-0.25, -0.2) is 5.84 Å². The number of ether oxygens (including phenoxy) is 1. The zero-order chi connectivity index (χ0) is 7.49. The van der Waals surface area contributed by atoms with Crippen LogP contribution in [0, 0.1) is 0 Å². The molecule has 0 aromatic carbocycles. The number of methoxy groups -OCH3 is 1. The summed E-state index contributed by atoms with van der Waals surface area (Å²) in [6.45, 7) is 0. The van der Waals surface area contributed by atoms with E-state index in [2.05, 4.69) is 10.6 Å². The number of nitrogens with two attached hydrogens (primary N) is 1. The van der Waals surface area contributed by atoms with E-state index in [0.717, 1.165) is 0 Å². The number of hydrogen-bond donors (Lipinski definition) is 2. The molecule has 0 saturated carbocycles. The van der Waals surface area contributed by atoms with E-state index >= 15 is 0 Å². The molecule has 0 heterocycles. The van der Waals surface area contributed by atoms with Crippen molar-refractivity contribution in [3.8, 4) is 0 Å². The van der Waals surface area contributed by atoms with Gasteiger partial charge in [0.25, 0.3) is 0 Å². The summed E-state index contributed by atoms with van der Waals surface area (Å²) in [7, 11) is 0.704. The number of hydrogen-bond acceptors (Lipinski definition) is 3. The van der Waals surface area contributed by atoms with Crippen LogP contribution in [0.2, 0.25) is 0 Å². The first-order valence-electron chi connectivity index (χ1n) is 1.98. The van der Waals surface area contributed by atoms with Gasteiger partial charge in [0, 0.05) is 7.11 Å². The SMILES string of the molecule is COC(F)(F)C(=O)NN. The van der Waals surface area contributed by atoms with Crippen molar-refractivity contribution in [1.29, 1.82) is 0 Å². The third kappa shape index (κ3) is 1.90. The molecule has 9 heavy (non-hydrogen) atoms. The van der Waals surface area contributed by atoms with E-state index in [4.69, 9.17) is 0 Å². The molecule has 54 valence electrons. The van der Waals surface area contributed by atoms with Crippen molar-refractivity contribution in [2.24, 2.45) is 5.84 Å². The van der Waals surface area contributed by atoms with Crippen LogP contribution in [0.15, 0.2) is 0 Å². The molecule has 0 atom stereocenters. The van der Waals surface area contributed by atoms with Crippen LogP contribution >= 0.6 is 0 Å². The van der Waals surface area contributed by atoms with Gasteiger partial charge in [0.15, 0.2) is 0 Å². The van der Waals surface area contributed by atoms with Crippen LogP contribution in [-0.4, -0.2) is 19.1 Å². The Balaban J connectivity index is 3.97. The highest BCUT2D eigenvalue weighted by molar-refractivity contribution is 5.81. The molecule has 0 radical (unpaired) electrons. The summed E-state index contributed by atoms with van der Waals surface area (Å²) in [6.07, 6.45) is -3.82. The maximum atomic E-state index is 11.8. The third-order valence-corrected chi connectivity index (χ3v) is 0.652. The predicted octanol–water partition coefficient (Wildman–Crippen LogP) is -0.784. The molecule has 0 aliphatic rings. The van der Waals surface area contributed by atoms with Gasteiger partial charge in [-0.2, -0.15) is 8.78 Å². The monoisotopic (exact) mass is 140 g/mol. The van der Waals surface area contributed by atoms with E-state index in [1.54, 1.807) is 0 Å². The van der Waals surface area contributed by atoms with Gasteiger partial charge in [0.2, 0.25) is 0 Å². The van der Waals surface area contributed by atoms with Crippen LogP contribution in [0.1, 0.15) is 0 Å². The molecule has 4 nitrogen and oxygen atoms in total. The van der Waals surface area contributed by atoms with Gasteiger partial charge in [-0.15, -0.1) is 0 Å². The number of alkyl halides is 2. The Morgan fingerprint density at radius 3 is 2.33 bits per heavy atom. The molecule has 0 aromatic heterocycles. The van der Waals surface area contributed by atoms with Crippen LogP contribution in [0.25, 0.3) is 0 Å². The molecular formula is C3H6F2N2O2. The zero-order valence-corrected chi connectivity index (χ0v) is 4.65. The van der Waals surface area contributed by atoms with Crippen molar-refractivity contribution in [1.82, 2.24) is 5.43 Å². The number of carbonyl (C=O) groups excluding carboxylic acids is 1. The van der Waals surface area contributed by atoms with E-state index in [1.165, 1.54) is 5.43 Å². The number of rotatable bonds is 2. The van der Waals surface area contributed by atoms with Gasteiger partial charge in [0.1, 0.15) is 0 Å². The second-order valence-corrected chi connectivity index (χ2v) is 1.19. The molecule has 0 aliphatic carbocycles. The summed E-state index contributed by atoms with van der Waals surface area (Å²) in [4.78, 5) is 9.95. The molecule has 0 aliphatic heterocycles. The van der Waals surface area contributed by atoms with Crippen LogP contribution in [0.5, 0.6) is 0 Å². The molecule has 0 spiro atoms. The maximum absolute atomic E-state index is 11.8. The smallest absolute Gasteiger partial charge is 0.316 e. The highest BCUT2D eigenvalue weighted by atomic mass is 19.3. The number of halogens is 2. The summed E-state index contributed by atoms with van der Waals surface area (Å²) < 4.78 is 27.1. The lowest BCUT2D eigenvalue weighted by Gasteiger charge is -2.09. The van der Waals surface area contributed by atoms with Crippen LogP contribution in [0.3, 0.4) is 0 Å². The second kappa shape index (κ2) is 2.70. The topological polar surface area (TPSA) is 64.3 Å². The molecule has 0 fully saturated rings. The minimum Gasteiger partial charge on any atom is -0.316 e. The summed E-state index contributed by atoms with van der Waals surface area (Å²) >= 11 is 0. The second-order valence-electron chi connectivity index (χ2n) is 1.19. The van der Waals surface area contributed by atoms with E-state index in [0.29, 0.717) is 7.11 Å². The minimum absolute atomic E-state index is 0.704. The average Bonchev–Trinajstić information content (AvgIpc) is 1.86. The number of amides is 1. The predicted molar refractivity (Wildman–Crippen MR) is 24.3 cm³/mol. The van der Waals surface area contributed by atoms with Crippen molar-refractivity contribution in [2.45, 2.75) is 6.11 Å². The molecule has 0 aromatic rings. The van der Waals surface area contributed by atoms with Crippen molar-refractivity contribution in [3.05, 3.63) is 0 Å². The average molecular weight is 140 g/mol. The fraction of sp³-hybridized carbons (Fsp3) is 0.667. The highest BCUT2D eigenvalue weighted by Gasteiger charge is 2.38. The standard InChI is InChI=1S/C3H6F2N2O2/c1-9-3(4,5)2(8)7-6/h6H2,1H3,(H,7,8). The highest BCUT2D eigenvalue weighted by Crippen LogP contribution is 2.12. The van der Waals surface area contributed by atoms with Gasteiger partial charge in [-0.1, -0.05) is 0 Å². The third-order valence-electron chi connectivity index (χ3n) is 0.652. The molecule has 0 rings (SSSR count). The summed E-state index contributed by atoms with van der Waals surface area (Å²) in [5, 5.41) is 0. The summed E-state index contributed by atoms with van der Waals surface area (Å²) in [6, 6.07) is 0. The van der Waals surface area contributed by atoms with Crippen LogP contribution < -0.4 is 11.3 Å². The van der Waals surface area contributed by atoms with Gasteiger partial charge in [-0.05, 0) is 0 Å². The fourth-order valence-corrected chi connectivity index (χ4v) is 0.177. The number of carbonyl (C=O) groups is 1. The summed E-state index contributed by atoms with van der Waals surface area (Å²) in [5.74, 6) is 2.71. The first kappa shape index (κ1) is 8.25. The first-order chi connectivity index (χ1) is 4.04. The van der Waals surface area contributed by atoms with Crippen LogP contribution in [0.4, 0.5) is 8.78 Å². The lowest BCUT2D eigenvalue weighted by Crippen LogP contribution is -2.44. The van der Waals surface area contributed by atoms with Gasteiger partial charge in [0.05, 0.1) is 0 Å². The molecule has 6 heteroatoms.